The molecule has 0 heterocycles. The summed E-state index contributed by atoms with van der Waals surface area (Å²) >= 11 is 0. The summed E-state index contributed by atoms with van der Waals surface area (Å²) < 4.78 is 0. The molecule has 0 amide bonds. The minimum absolute atomic E-state index is 0.00490. The number of anilines is 1. The van der Waals surface area contributed by atoms with Gasteiger partial charge in [0.2, 0.25) is 0 Å². The summed E-state index contributed by atoms with van der Waals surface area (Å²) in [6.45, 7) is 0. The van der Waals surface area contributed by atoms with Crippen molar-refractivity contribution in [2.24, 2.45) is 10.3 Å². The van der Waals surface area contributed by atoms with Crippen molar-refractivity contribution in [3.63, 3.8) is 0 Å². The molecule has 0 aromatic heterocycles. The second kappa shape index (κ2) is 8.39. The number of nitro benzene ring substituents is 1. The van der Waals surface area contributed by atoms with Gasteiger partial charge >= 0.3 is 0 Å². The van der Waals surface area contributed by atoms with E-state index in [1.54, 1.807) is 12.1 Å². The van der Waals surface area contributed by atoms with Crippen molar-refractivity contribution >= 4 is 22.8 Å². The Hall–Kier alpha value is -4.00. The van der Waals surface area contributed by atoms with E-state index in [-0.39, 0.29) is 5.69 Å². The first-order valence-electron chi connectivity index (χ1n) is 8.10. The van der Waals surface area contributed by atoms with Crippen LogP contribution in [0, 0.1) is 10.1 Å². The molecule has 0 fully saturated rings. The summed E-state index contributed by atoms with van der Waals surface area (Å²) in [6.07, 6.45) is 0. The van der Waals surface area contributed by atoms with E-state index >= 15 is 0 Å². The minimum Gasteiger partial charge on any atom is -0.410 e. The Labute approximate surface area is 155 Å². The summed E-state index contributed by atoms with van der Waals surface area (Å²) in [6, 6.07) is 24.4. The zero-order chi connectivity index (χ0) is 19.1. The molecule has 3 aromatic rings. The van der Waals surface area contributed by atoms with E-state index in [1.165, 1.54) is 12.1 Å². The van der Waals surface area contributed by atoms with Gasteiger partial charge in [-0.3, -0.25) is 15.5 Å². The highest BCUT2D eigenvalue weighted by Crippen LogP contribution is 2.16. The molecule has 0 atom stereocenters. The van der Waals surface area contributed by atoms with Gasteiger partial charge in [-0.15, -0.1) is 0 Å². The van der Waals surface area contributed by atoms with E-state index in [0.717, 1.165) is 5.56 Å². The second-order valence-corrected chi connectivity index (χ2v) is 5.56. The summed E-state index contributed by atoms with van der Waals surface area (Å²) in [4.78, 5) is 10.3. The van der Waals surface area contributed by atoms with Crippen molar-refractivity contribution in [3.05, 3.63) is 106 Å². The van der Waals surface area contributed by atoms with Gasteiger partial charge in [-0.05, 0) is 12.1 Å². The molecule has 3 aromatic carbocycles. The highest BCUT2D eigenvalue weighted by atomic mass is 16.6. The third-order valence-corrected chi connectivity index (χ3v) is 3.79. The van der Waals surface area contributed by atoms with Crippen LogP contribution in [0.5, 0.6) is 0 Å². The van der Waals surface area contributed by atoms with Crippen LogP contribution in [-0.4, -0.2) is 21.6 Å². The van der Waals surface area contributed by atoms with Crippen molar-refractivity contribution in [3.8, 4) is 0 Å². The number of benzene rings is 3. The topological polar surface area (TPSA) is 100 Å². The molecule has 0 aliphatic heterocycles. The summed E-state index contributed by atoms with van der Waals surface area (Å²) in [5.74, 6) is 0. The Kier molecular flexibility index (Phi) is 5.54. The predicted molar refractivity (Wildman–Crippen MR) is 104 cm³/mol. The van der Waals surface area contributed by atoms with Gasteiger partial charge in [-0.1, -0.05) is 65.8 Å². The Bertz CT molecular complexity index is 969. The quantitative estimate of drug-likeness (QED) is 0.296. The van der Waals surface area contributed by atoms with Crippen molar-refractivity contribution in [2.75, 3.05) is 5.43 Å². The second-order valence-electron chi connectivity index (χ2n) is 5.56. The summed E-state index contributed by atoms with van der Waals surface area (Å²) in [5.41, 5.74) is 5.62. The monoisotopic (exact) mass is 360 g/mol. The number of nitrogens with zero attached hydrogens (tertiary/aromatic N) is 3. The normalized spacial score (nSPS) is 11.9. The molecule has 0 unspecified atom stereocenters. The van der Waals surface area contributed by atoms with E-state index in [1.807, 2.05) is 60.7 Å². The van der Waals surface area contributed by atoms with Gasteiger partial charge in [0.1, 0.15) is 11.4 Å². The number of hydrogen-bond acceptors (Lipinski definition) is 6. The number of hydrogen-bond donors (Lipinski definition) is 2. The average molecular weight is 360 g/mol. The predicted octanol–water partition coefficient (Wildman–Crippen LogP) is 4.29. The van der Waals surface area contributed by atoms with E-state index in [0.29, 0.717) is 22.7 Å². The zero-order valence-electron chi connectivity index (χ0n) is 14.2. The number of oxime groups is 1. The smallest absolute Gasteiger partial charge is 0.269 e. The van der Waals surface area contributed by atoms with Crippen LogP contribution >= 0.6 is 0 Å². The van der Waals surface area contributed by atoms with Gasteiger partial charge in [-0.2, -0.15) is 5.10 Å². The van der Waals surface area contributed by atoms with E-state index in [4.69, 9.17) is 0 Å². The maximum absolute atomic E-state index is 10.8. The number of non-ortho nitro benzene ring substituents is 1. The first-order chi connectivity index (χ1) is 13.2. The Balaban J connectivity index is 1.97. The van der Waals surface area contributed by atoms with Gasteiger partial charge in [0.05, 0.1) is 10.6 Å². The fourth-order valence-electron chi connectivity index (χ4n) is 2.47. The van der Waals surface area contributed by atoms with Gasteiger partial charge in [0.15, 0.2) is 0 Å². The molecule has 0 aliphatic rings. The number of nitro groups is 1. The standard InChI is InChI=1S/C20H16N4O3/c25-23-20(16-9-5-2-6-10-16)19(15-7-3-1-4-8-15)22-21-17-11-13-18(14-12-17)24(26)27/h1-14,21,25H/b22-19-,23-20+. The van der Waals surface area contributed by atoms with Gasteiger partial charge in [0, 0.05) is 23.3 Å². The maximum atomic E-state index is 10.8. The van der Waals surface area contributed by atoms with Crippen molar-refractivity contribution in [1.29, 1.82) is 0 Å². The highest BCUT2D eigenvalue weighted by molar-refractivity contribution is 6.53. The molecule has 7 nitrogen and oxygen atoms in total. The maximum Gasteiger partial charge on any atom is 0.269 e. The molecule has 2 N–H and O–H groups in total. The molecule has 0 saturated heterocycles. The van der Waals surface area contributed by atoms with Crippen LogP contribution in [0.1, 0.15) is 11.1 Å². The molecular formula is C20H16N4O3. The molecule has 3 rings (SSSR count). The van der Waals surface area contributed by atoms with Crippen molar-refractivity contribution in [2.45, 2.75) is 0 Å². The first kappa shape index (κ1) is 17.8. The molecule has 0 spiro atoms. The largest absolute Gasteiger partial charge is 0.410 e. The fourth-order valence-corrected chi connectivity index (χ4v) is 2.47. The Morgan fingerprint density at radius 3 is 1.81 bits per heavy atom. The minimum atomic E-state index is -0.464. The van der Waals surface area contributed by atoms with E-state index in [9.17, 15) is 15.3 Å². The van der Waals surface area contributed by atoms with Crippen LogP contribution in [0.15, 0.2) is 95.2 Å². The highest BCUT2D eigenvalue weighted by Gasteiger charge is 2.15. The third kappa shape index (κ3) is 4.35. The molecular weight excluding hydrogens is 344 g/mol. The Morgan fingerprint density at radius 2 is 1.33 bits per heavy atom. The van der Waals surface area contributed by atoms with Gasteiger partial charge < -0.3 is 5.21 Å². The Morgan fingerprint density at radius 1 is 0.815 bits per heavy atom. The molecule has 134 valence electrons. The molecule has 7 heteroatoms. The first-order valence-corrected chi connectivity index (χ1v) is 8.10. The zero-order valence-corrected chi connectivity index (χ0v) is 14.2. The van der Waals surface area contributed by atoms with Crippen LogP contribution in [0.3, 0.4) is 0 Å². The number of hydrazone groups is 1. The lowest BCUT2D eigenvalue weighted by molar-refractivity contribution is -0.384. The number of rotatable bonds is 6. The van der Waals surface area contributed by atoms with Crippen LogP contribution in [0.2, 0.25) is 0 Å². The summed E-state index contributed by atoms with van der Waals surface area (Å²) in [5, 5.41) is 28.2. The van der Waals surface area contributed by atoms with Crippen LogP contribution < -0.4 is 5.43 Å². The average Bonchev–Trinajstić information content (AvgIpc) is 2.72. The van der Waals surface area contributed by atoms with Gasteiger partial charge in [-0.25, -0.2) is 0 Å². The lowest BCUT2D eigenvalue weighted by Gasteiger charge is -2.10. The van der Waals surface area contributed by atoms with Crippen LogP contribution in [0.4, 0.5) is 11.4 Å². The lowest BCUT2D eigenvalue weighted by atomic mass is 10.00. The van der Waals surface area contributed by atoms with E-state index in [2.05, 4.69) is 15.7 Å². The summed E-state index contributed by atoms with van der Waals surface area (Å²) in [7, 11) is 0. The molecule has 0 radical (unpaired) electrons. The van der Waals surface area contributed by atoms with Crippen molar-refractivity contribution < 1.29 is 10.1 Å². The third-order valence-electron chi connectivity index (χ3n) is 3.79. The molecule has 27 heavy (non-hydrogen) atoms. The van der Waals surface area contributed by atoms with Crippen LogP contribution in [0.25, 0.3) is 0 Å². The molecule has 0 saturated carbocycles. The van der Waals surface area contributed by atoms with Crippen molar-refractivity contribution in [1.82, 2.24) is 0 Å². The SMILES string of the molecule is O=[N+]([O-])c1ccc(N/N=C(\C(=N\O)c2ccccc2)c2ccccc2)cc1. The molecule has 0 aliphatic carbocycles. The number of nitrogens with one attached hydrogen (secondary N) is 1. The molecule has 0 bridgehead atoms. The lowest BCUT2D eigenvalue weighted by Crippen LogP contribution is -2.19. The van der Waals surface area contributed by atoms with E-state index < -0.39 is 4.92 Å². The van der Waals surface area contributed by atoms with Crippen LogP contribution in [-0.2, 0) is 0 Å². The fraction of sp³-hybridized carbons (Fsp3) is 0. The van der Waals surface area contributed by atoms with Gasteiger partial charge in [0.25, 0.3) is 5.69 Å².